The zero-order chi connectivity index (χ0) is 24.2. The molecule has 15 heteroatoms. The van der Waals surface area contributed by atoms with Crippen LogP contribution in [0.25, 0.3) is 0 Å². The molecule has 1 aromatic heterocycles. The van der Waals surface area contributed by atoms with Crippen LogP contribution in [-0.4, -0.2) is 95.2 Å². The first-order valence-electron chi connectivity index (χ1n) is 9.87. The molecule has 0 unspecified atom stereocenters. The minimum absolute atomic E-state index is 0.172. The average molecular weight is 480 g/mol. The Hall–Kier alpha value is -2.59. The summed E-state index contributed by atoms with van der Waals surface area (Å²) in [5.41, 5.74) is -2.74. The van der Waals surface area contributed by atoms with E-state index in [1.807, 2.05) is 0 Å². The predicted molar refractivity (Wildman–Crippen MR) is 100 cm³/mol. The van der Waals surface area contributed by atoms with E-state index >= 15 is 0 Å². The Morgan fingerprint density at radius 3 is 2.76 bits per heavy atom. The Kier molecular flexibility index (Phi) is 7.69. The Balaban J connectivity index is 1.57. The average Bonchev–Trinajstić information content (AvgIpc) is 3.16. The third-order valence-corrected chi connectivity index (χ3v) is 4.95. The summed E-state index contributed by atoms with van der Waals surface area (Å²) < 4.78 is 59.3. The van der Waals surface area contributed by atoms with Crippen LogP contribution in [0, 0.1) is 0 Å². The topological polar surface area (TPSA) is 161 Å². The van der Waals surface area contributed by atoms with Crippen molar-refractivity contribution in [2.24, 2.45) is 0 Å². The van der Waals surface area contributed by atoms with E-state index in [9.17, 15) is 33.0 Å². The summed E-state index contributed by atoms with van der Waals surface area (Å²) in [6.45, 7) is 0.437. The van der Waals surface area contributed by atoms with Crippen molar-refractivity contribution in [3.05, 3.63) is 18.1 Å². The summed E-state index contributed by atoms with van der Waals surface area (Å²) in [4.78, 5) is 30.0. The lowest BCUT2D eigenvalue weighted by Crippen LogP contribution is -2.66. The van der Waals surface area contributed by atoms with Gasteiger partial charge in [-0.1, -0.05) is 0 Å². The predicted octanol–water partition coefficient (Wildman–Crippen LogP) is -1.18. The molecule has 2 aliphatic rings. The molecule has 2 fully saturated rings. The molecular weight excluding hydrogens is 457 g/mol. The van der Waals surface area contributed by atoms with E-state index in [4.69, 9.17) is 14.2 Å². The maximum atomic E-state index is 12.9. The molecule has 0 radical (unpaired) electrons. The molecule has 0 spiro atoms. The number of hydrogen-bond donors (Lipinski definition) is 4. The highest BCUT2D eigenvalue weighted by Crippen LogP contribution is 2.38. The molecule has 0 aliphatic carbocycles. The fraction of sp³-hybridized carbons (Fsp3) is 0.667. The molecule has 12 nitrogen and oxygen atoms in total. The van der Waals surface area contributed by atoms with Gasteiger partial charge in [0.05, 0.1) is 32.2 Å². The molecule has 1 aromatic rings. The second kappa shape index (κ2) is 10.1. The highest BCUT2D eigenvalue weighted by Gasteiger charge is 2.59. The van der Waals surface area contributed by atoms with Gasteiger partial charge in [-0.3, -0.25) is 9.78 Å². The van der Waals surface area contributed by atoms with Gasteiger partial charge in [0.2, 0.25) is 5.91 Å². The van der Waals surface area contributed by atoms with Crippen LogP contribution in [0.1, 0.15) is 12.6 Å². The molecule has 3 rings (SSSR count). The van der Waals surface area contributed by atoms with Gasteiger partial charge in [-0.05, 0) is 6.92 Å². The van der Waals surface area contributed by atoms with Gasteiger partial charge in [-0.15, -0.1) is 0 Å². The van der Waals surface area contributed by atoms with Gasteiger partial charge in [0.25, 0.3) is 0 Å². The van der Waals surface area contributed by atoms with Gasteiger partial charge in [0.1, 0.15) is 42.9 Å². The number of carbonyl (C=O) groups is 2. The van der Waals surface area contributed by atoms with Crippen LogP contribution in [0.4, 0.5) is 19.0 Å². The molecule has 184 valence electrons. The molecule has 33 heavy (non-hydrogen) atoms. The Bertz CT molecular complexity index is 860. The van der Waals surface area contributed by atoms with E-state index in [0.717, 1.165) is 6.20 Å². The van der Waals surface area contributed by atoms with Crippen molar-refractivity contribution in [1.82, 2.24) is 15.3 Å². The summed E-state index contributed by atoms with van der Waals surface area (Å²) in [6.07, 6.45) is -7.43. The maximum absolute atomic E-state index is 12.9. The SMILES string of the molecule is CCOC(=O)COCC(=O)NC[C@@]12CO[C@@H](O1)[C@H](Nc1cncc(C(F)(F)F)n1)[C@@H](O)[C@H]2O. The third-order valence-electron chi connectivity index (χ3n) is 4.95. The van der Waals surface area contributed by atoms with Crippen LogP contribution in [0.2, 0.25) is 0 Å². The number of rotatable bonds is 9. The van der Waals surface area contributed by atoms with Crippen LogP contribution in [-0.2, 0) is 34.7 Å². The molecule has 3 heterocycles. The number of hydrogen-bond acceptors (Lipinski definition) is 11. The number of nitrogens with one attached hydrogen (secondary N) is 2. The highest BCUT2D eigenvalue weighted by atomic mass is 19.4. The van der Waals surface area contributed by atoms with Crippen molar-refractivity contribution in [3.8, 4) is 0 Å². The zero-order valence-electron chi connectivity index (χ0n) is 17.4. The van der Waals surface area contributed by atoms with Gasteiger partial charge in [0.15, 0.2) is 12.0 Å². The zero-order valence-corrected chi connectivity index (χ0v) is 17.4. The lowest BCUT2D eigenvalue weighted by atomic mass is 9.87. The number of aliphatic hydroxyl groups excluding tert-OH is 2. The van der Waals surface area contributed by atoms with E-state index in [2.05, 4.69) is 25.3 Å². The molecule has 2 aliphatic heterocycles. The lowest BCUT2D eigenvalue weighted by molar-refractivity contribution is -0.213. The number of amides is 1. The van der Waals surface area contributed by atoms with Crippen molar-refractivity contribution in [3.63, 3.8) is 0 Å². The summed E-state index contributed by atoms with van der Waals surface area (Å²) in [6, 6.07) is -1.17. The fourth-order valence-electron chi connectivity index (χ4n) is 3.35. The van der Waals surface area contributed by atoms with E-state index in [-0.39, 0.29) is 25.6 Å². The van der Waals surface area contributed by atoms with Crippen LogP contribution in [0.3, 0.4) is 0 Å². The molecule has 0 saturated carbocycles. The van der Waals surface area contributed by atoms with E-state index in [1.54, 1.807) is 6.92 Å². The van der Waals surface area contributed by atoms with Gasteiger partial charge < -0.3 is 39.8 Å². The fourth-order valence-corrected chi connectivity index (χ4v) is 3.35. The van der Waals surface area contributed by atoms with Gasteiger partial charge in [-0.2, -0.15) is 13.2 Å². The summed E-state index contributed by atoms with van der Waals surface area (Å²) >= 11 is 0. The number of halogens is 3. The number of esters is 1. The number of alkyl halides is 3. The van der Waals surface area contributed by atoms with E-state index < -0.39 is 67.1 Å². The minimum atomic E-state index is -4.72. The molecule has 1 amide bonds. The Labute approximate surface area is 185 Å². The second-order valence-corrected chi connectivity index (χ2v) is 7.33. The number of anilines is 1. The number of ether oxygens (including phenoxy) is 4. The third kappa shape index (κ3) is 5.86. The number of nitrogens with zero attached hydrogens (tertiary/aromatic N) is 2. The lowest BCUT2D eigenvalue weighted by Gasteiger charge is -2.43. The highest BCUT2D eigenvalue weighted by molar-refractivity contribution is 5.78. The van der Waals surface area contributed by atoms with Crippen LogP contribution in [0.5, 0.6) is 0 Å². The van der Waals surface area contributed by atoms with Crippen LogP contribution < -0.4 is 10.6 Å². The molecule has 2 saturated heterocycles. The smallest absolute Gasteiger partial charge is 0.434 e. The first kappa shape index (κ1) is 25.0. The first-order valence-corrected chi connectivity index (χ1v) is 9.87. The second-order valence-electron chi connectivity index (χ2n) is 7.33. The van der Waals surface area contributed by atoms with Crippen molar-refractivity contribution in [1.29, 1.82) is 0 Å². The van der Waals surface area contributed by atoms with Gasteiger partial charge in [0, 0.05) is 0 Å². The number of carbonyl (C=O) groups excluding carboxylic acids is 2. The van der Waals surface area contributed by atoms with Crippen molar-refractivity contribution < 1.29 is 51.9 Å². The summed E-state index contributed by atoms with van der Waals surface area (Å²) in [7, 11) is 0. The number of aromatic nitrogens is 2. The molecule has 0 aromatic carbocycles. The molecule has 4 N–H and O–H groups in total. The monoisotopic (exact) mass is 480 g/mol. The number of fused-ring (bicyclic) bond motifs is 2. The minimum Gasteiger partial charge on any atom is -0.464 e. The molecule has 5 atom stereocenters. The first-order chi connectivity index (χ1) is 15.6. The number of aliphatic hydroxyl groups is 2. The van der Waals surface area contributed by atoms with Crippen molar-refractivity contribution in [2.75, 3.05) is 38.3 Å². The Morgan fingerprint density at radius 2 is 2.06 bits per heavy atom. The van der Waals surface area contributed by atoms with Gasteiger partial charge >= 0.3 is 12.1 Å². The molecular formula is C18H23F3N4O8. The normalized spacial score (nSPS) is 28.9. The summed E-state index contributed by atoms with van der Waals surface area (Å²) in [5, 5.41) is 26.2. The van der Waals surface area contributed by atoms with E-state index in [0.29, 0.717) is 6.20 Å². The summed E-state index contributed by atoms with van der Waals surface area (Å²) in [5.74, 6) is -1.56. The van der Waals surface area contributed by atoms with E-state index in [1.165, 1.54) is 0 Å². The largest absolute Gasteiger partial charge is 0.464 e. The maximum Gasteiger partial charge on any atom is 0.434 e. The Morgan fingerprint density at radius 1 is 1.30 bits per heavy atom. The quantitative estimate of drug-likeness (QED) is 0.315. The van der Waals surface area contributed by atoms with Gasteiger partial charge in [-0.25, -0.2) is 9.78 Å². The standard InChI is InChI=1S/C18H23F3N4O8/c1-2-31-12(27)6-30-5-11(26)23-7-17-8-32-16(33-17)13(14(28)15(17)29)25-10-4-22-3-9(24-10)18(19,20)21/h3-4,13-16,28-29H,2,5-8H2,1H3,(H,23,26)(H,24,25)/t13-,14-,15-,16+,17+/m1/s1. The molecule has 2 bridgehead atoms. The van der Waals surface area contributed by atoms with Crippen LogP contribution >= 0.6 is 0 Å². The van der Waals surface area contributed by atoms with Crippen LogP contribution in [0.15, 0.2) is 12.4 Å². The van der Waals surface area contributed by atoms with Crippen molar-refractivity contribution in [2.45, 2.75) is 43.2 Å². The van der Waals surface area contributed by atoms with Crippen molar-refractivity contribution >= 4 is 17.7 Å².